The van der Waals surface area contributed by atoms with Crippen molar-refractivity contribution in [2.24, 2.45) is 11.1 Å². The number of carbonyl (C=O) groups excluding carboxylic acids is 1. The lowest BCUT2D eigenvalue weighted by Gasteiger charge is -2.29. The minimum atomic E-state index is -1.07. The minimum Gasteiger partial charge on any atom is -0.478 e. The van der Waals surface area contributed by atoms with E-state index in [-0.39, 0.29) is 17.3 Å². The van der Waals surface area contributed by atoms with E-state index in [0.717, 1.165) is 19.3 Å². The Morgan fingerprint density at radius 1 is 1.68 bits per heavy atom. The monoisotopic (exact) mass is 283 g/mol. The number of carbonyl (C=O) groups is 2. The predicted octanol–water partition coefficient (Wildman–Crippen LogP) is 0.898. The number of aldehydes is 1. The lowest BCUT2D eigenvalue weighted by atomic mass is 9.81. The average Bonchev–Trinajstić information content (AvgIpc) is 2.72. The first-order valence-corrected chi connectivity index (χ1v) is 6.63. The molecule has 0 saturated heterocycles. The summed E-state index contributed by atoms with van der Waals surface area (Å²) < 4.78 is 0. The van der Waals surface area contributed by atoms with Gasteiger partial charge in [0, 0.05) is 11.3 Å². The summed E-state index contributed by atoms with van der Waals surface area (Å²) in [6.45, 7) is 0. The molecule has 1 saturated carbocycles. The molecule has 1 aliphatic rings. The third-order valence-corrected chi connectivity index (χ3v) is 3.66. The molecule has 1 heterocycles. The summed E-state index contributed by atoms with van der Waals surface area (Å²) in [7, 11) is 0. The third kappa shape index (κ3) is 3.08. The van der Waals surface area contributed by atoms with Crippen molar-refractivity contribution in [1.82, 2.24) is 4.98 Å². The van der Waals surface area contributed by atoms with Crippen molar-refractivity contribution in [3.63, 3.8) is 0 Å². The maximum absolute atomic E-state index is 11.1. The van der Waals surface area contributed by atoms with Gasteiger partial charge >= 0.3 is 5.97 Å². The van der Waals surface area contributed by atoms with Gasteiger partial charge in [-0.1, -0.05) is 11.6 Å². The van der Waals surface area contributed by atoms with Gasteiger partial charge in [-0.3, -0.25) is 4.79 Å². The van der Waals surface area contributed by atoms with Gasteiger partial charge < -0.3 is 15.7 Å². The summed E-state index contributed by atoms with van der Waals surface area (Å²) in [4.78, 5) is 30.9. The Labute approximate surface area is 113 Å². The highest BCUT2D eigenvalue weighted by Gasteiger charge is 2.34. The molecule has 1 unspecified atom stereocenters. The molecule has 102 valence electrons. The molecule has 1 fully saturated rings. The molecule has 8 heteroatoms. The molecule has 19 heavy (non-hydrogen) atoms. The summed E-state index contributed by atoms with van der Waals surface area (Å²) in [5.74, 6) is -1.12. The highest BCUT2D eigenvalue weighted by atomic mass is 32.1. The zero-order valence-electron chi connectivity index (χ0n) is 9.98. The number of aromatic nitrogens is 1. The van der Waals surface area contributed by atoms with E-state index >= 15 is 0 Å². The van der Waals surface area contributed by atoms with E-state index in [1.807, 2.05) is 0 Å². The number of rotatable bonds is 6. The molecule has 1 aromatic rings. The van der Waals surface area contributed by atoms with Crippen molar-refractivity contribution >= 4 is 34.4 Å². The first-order chi connectivity index (χ1) is 9.11. The third-order valence-electron chi connectivity index (χ3n) is 2.98. The molecule has 1 aliphatic carbocycles. The quantitative estimate of drug-likeness (QED) is 0.455. The van der Waals surface area contributed by atoms with E-state index in [1.165, 1.54) is 11.3 Å². The number of carboxylic acids is 1. The fourth-order valence-electron chi connectivity index (χ4n) is 1.72. The van der Waals surface area contributed by atoms with Crippen LogP contribution in [-0.2, 0) is 14.4 Å². The standard InChI is InChI=1S/C11H13N3O4S/c12-11-13-8(5-19-11)7(4-15)14-18-9(10(16)17)6-2-1-3-6/h4-6,9H,1-3H2,(H2,12,13)(H,16,17)/b14-7-. The Morgan fingerprint density at radius 2 is 2.42 bits per heavy atom. The molecule has 1 atom stereocenters. The number of thiazole rings is 1. The summed E-state index contributed by atoms with van der Waals surface area (Å²) in [5.41, 5.74) is 5.69. The first-order valence-electron chi connectivity index (χ1n) is 5.75. The maximum atomic E-state index is 11.1. The lowest BCUT2D eigenvalue weighted by molar-refractivity contribution is -0.156. The molecule has 0 amide bonds. The van der Waals surface area contributed by atoms with Crippen LogP contribution in [0.3, 0.4) is 0 Å². The summed E-state index contributed by atoms with van der Waals surface area (Å²) in [6.07, 6.45) is 2.04. The molecule has 0 spiro atoms. The van der Waals surface area contributed by atoms with E-state index in [4.69, 9.17) is 15.7 Å². The van der Waals surface area contributed by atoms with Crippen molar-refractivity contribution < 1.29 is 19.5 Å². The molecule has 0 aromatic carbocycles. The van der Waals surface area contributed by atoms with Crippen LogP contribution < -0.4 is 5.73 Å². The number of anilines is 1. The number of carboxylic acid groups (broad SMARTS) is 1. The topological polar surface area (TPSA) is 115 Å². The molecular formula is C11H13N3O4S. The predicted molar refractivity (Wildman–Crippen MR) is 69.0 cm³/mol. The second-order valence-electron chi connectivity index (χ2n) is 4.22. The average molecular weight is 283 g/mol. The Hall–Kier alpha value is -1.96. The Morgan fingerprint density at radius 3 is 2.84 bits per heavy atom. The fourth-order valence-corrected chi connectivity index (χ4v) is 2.28. The van der Waals surface area contributed by atoms with Gasteiger partial charge in [0.25, 0.3) is 0 Å². The maximum Gasteiger partial charge on any atom is 0.348 e. The van der Waals surface area contributed by atoms with Gasteiger partial charge in [-0.25, -0.2) is 9.78 Å². The summed E-state index contributed by atoms with van der Waals surface area (Å²) >= 11 is 1.17. The molecule has 2 rings (SSSR count). The van der Waals surface area contributed by atoms with Crippen molar-refractivity contribution in [3.05, 3.63) is 11.1 Å². The first kappa shape index (κ1) is 13.5. The van der Waals surface area contributed by atoms with Gasteiger partial charge in [0.2, 0.25) is 6.10 Å². The number of hydrogen-bond acceptors (Lipinski definition) is 7. The number of oxime groups is 1. The van der Waals surface area contributed by atoms with Crippen molar-refractivity contribution in [2.45, 2.75) is 25.4 Å². The van der Waals surface area contributed by atoms with Crippen LogP contribution in [0.1, 0.15) is 25.0 Å². The Kier molecular flexibility index (Phi) is 4.10. The minimum absolute atomic E-state index is 0.0466. The molecule has 0 radical (unpaired) electrons. The highest BCUT2D eigenvalue weighted by Crippen LogP contribution is 2.31. The van der Waals surface area contributed by atoms with Gasteiger partial charge in [-0.05, 0) is 12.8 Å². The zero-order valence-corrected chi connectivity index (χ0v) is 10.8. The number of aliphatic carboxylic acids is 1. The second kappa shape index (κ2) is 5.79. The van der Waals surface area contributed by atoms with Gasteiger partial charge in [0.15, 0.2) is 17.1 Å². The summed E-state index contributed by atoms with van der Waals surface area (Å²) in [6, 6.07) is 0. The number of nitrogens with zero attached hydrogens (tertiary/aromatic N) is 2. The highest BCUT2D eigenvalue weighted by molar-refractivity contribution is 7.13. The van der Waals surface area contributed by atoms with Crippen LogP contribution in [0.2, 0.25) is 0 Å². The van der Waals surface area contributed by atoms with Gasteiger partial charge in [-0.2, -0.15) is 0 Å². The second-order valence-corrected chi connectivity index (χ2v) is 5.11. The zero-order chi connectivity index (χ0) is 13.8. The molecule has 7 nitrogen and oxygen atoms in total. The van der Waals surface area contributed by atoms with Crippen LogP contribution >= 0.6 is 11.3 Å². The molecule has 0 aliphatic heterocycles. The van der Waals surface area contributed by atoms with E-state index < -0.39 is 12.1 Å². The van der Waals surface area contributed by atoms with E-state index in [0.29, 0.717) is 11.4 Å². The van der Waals surface area contributed by atoms with Crippen LogP contribution in [0.4, 0.5) is 5.13 Å². The molecule has 1 aromatic heterocycles. The SMILES string of the molecule is Nc1nc(/C(C=O)=N\OC(C(=O)O)C2CCC2)cs1. The van der Waals surface area contributed by atoms with Crippen LogP contribution in [0.5, 0.6) is 0 Å². The summed E-state index contributed by atoms with van der Waals surface area (Å²) in [5, 5.41) is 14.5. The number of nitrogens with two attached hydrogens (primary N) is 1. The van der Waals surface area contributed by atoms with E-state index in [1.54, 1.807) is 5.38 Å². The van der Waals surface area contributed by atoms with Crippen LogP contribution in [0, 0.1) is 5.92 Å². The number of nitrogen functional groups attached to an aromatic ring is 1. The fraction of sp³-hybridized carbons (Fsp3) is 0.455. The molecule has 0 bridgehead atoms. The molecular weight excluding hydrogens is 270 g/mol. The van der Waals surface area contributed by atoms with Crippen molar-refractivity contribution in [1.29, 1.82) is 0 Å². The van der Waals surface area contributed by atoms with Gasteiger partial charge in [0.05, 0.1) is 0 Å². The van der Waals surface area contributed by atoms with E-state index in [2.05, 4.69) is 10.1 Å². The van der Waals surface area contributed by atoms with Crippen LogP contribution in [-0.4, -0.2) is 34.2 Å². The molecule has 3 N–H and O–H groups in total. The van der Waals surface area contributed by atoms with Crippen LogP contribution in [0.25, 0.3) is 0 Å². The lowest BCUT2D eigenvalue weighted by Crippen LogP contribution is -2.35. The van der Waals surface area contributed by atoms with Gasteiger partial charge in [0.1, 0.15) is 5.69 Å². The smallest absolute Gasteiger partial charge is 0.348 e. The van der Waals surface area contributed by atoms with Crippen molar-refractivity contribution in [2.75, 3.05) is 5.73 Å². The Bertz CT molecular complexity index is 510. The largest absolute Gasteiger partial charge is 0.478 e. The van der Waals surface area contributed by atoms with Crippen molar-refractivity contribution in [3.8, 4) is 0 Å². The number of hydrogen-bond donors (Lipinski definition) is 2. The van der Waals surface area contributed by atoms with Crippen LogP contribution in [0.15, 0.2) is 10.5 Å². The Balaban J connectivity index is 2.09. The van der Waals surface area contributed by atoms with E-state index in [9.17, 15) is 9.59 Å². The van der Waals surface area contributed by atoms with Gasteiger partial charge in [-0.15, -0.1) is 11.3 Å². The normalized spacial score (nSPS) is 17.6.